The van der Waals surface area contributed by atoms with Gasteiger partial charge in [-0.25, -0.2) is 9.48 Å². The molecular formula is C16H13ClN2O2S. The van der Waals surface area contributed by atoms with Gasteiger partial charge in [0.25, 0.3) is 0 Å². The van der Waals surface area contributed by atoms with Crippen molar-refractivity contribution in [1.29, 1.82) is 0 Å². The number of halogens is 1. The molecule has 2 aromatic heterocycles. The Morgan fingerprint density at radius 3 is 2.41 bits per heavy atom. The molecule has 0 atom stereocenters. The maximum atomic E-state index is 11.4. The zero-order valence-corrected chi connectivity index (χ0v) is 13.6. The molecule has 0 amide bonds. The van der Waals surface area contributed by atoms with Crippen molar-refractivity contribution in [2.24, 2.45) is 0 Å². The number of aromatic nitrogens is 2. The van der Waals surface area contributed by atoms with E-state index >= 15 is 0 Å². The molecule has 0 saturated carbocycles. The van der Waals surface area contributed by atoms with Crippen LogP contribution in [0.25, 0.3) is 16.3 Å². The van der Waals surface area contributed by atoms with Crippen LogP contribution in [0.4, 0.5) is 0 Å². The van der Waals surface area contributed by atoms with Crippen LogP contribution in [0.3, 0.4) is 0 Å². The van der Waals surface area contributed by atoms with Crippen molar-refractivity contribution in [1.82, 2.24) is 9.78 Å². The second-order valence-corrected chi connectivity index (χ2v) is 6.65. The van der Waals surface area contributed by atoms with Crippen LogP contribution in [-0.2, 0) is 0 Å². The van der Waals surface area contributed by atoms with Gasteiger partial charge >= 0.3 is 5.97 Å². The number of rotatable bonds is 3. The Hall–Kier alpha value is -2.11. The summed E-state index contributed by atoms with van der Waals surface area (Å²) >= 11 is 7.54. The smallest absolute Gasteiger partial charge is 0.356 e. The monoisotopic (exact) mass is 332 g/mol. The van der Waals surface area contributed by atoms with Crippen LogP contribution in [0.2, 0.25) is 5.02 Å². The number of nitrogens with zero attached hydrogens (tertiary/aromatic N) is 2. The SMILES string of the molecule is Cc1ccc(-c2c(C)c(C(=O)O)nn2-c2ccc(Cl)cc2)s1. The molecule has 6 heteroatoms. The number of thiophene rings is 1. The highest BCUT2D eigenvalue weighted by Crippen LogP contribution is 2.33. The summed E-state index contributed by atoms with van der Waals surface area (Å²) in [5.74, 6) is -1.03. The highest BCUT2D eigenvalue weighted by Gasteiger charge is 2.22. The van der Waals surface area contributed by atoms with Crippen LogP contribution >= 0.6 is 22.9 Å². The number of carboxylic acids is 1. The van der Waals surface area contributed by atoms with E-state index in [1.807, 2.05) is 31.2 Å². The lowest BCUT2D eigenvalue weighted by Gasteiger charge is -2.07. The number of carboxylic acid groups (broad SMARTS) is 1. The summed E-state index contributed by atoms with van der Waals surface area (Å²) in [6.45, 7) is 3.80. The van der Waals surface area contributed by atoms with Crippen molar-refractivity contribution < 1.29 is 9.90 Å². The first-order valence-electron chi connectivity index (χ1n) is 6.63. The first-order chi connectivity index (χ1) is 10.5. The van der Waals surface area contributed by atoms with Gasteiger partial charge in [-0.3, -0.25) is 0 Å². The highest BCUT2D eigenvalue weighted by molar-refractivity contribution is 7.15. The Balaban J connectivity index is 2.26. The van der Waals surface area contributed by atoms with Gasteiger partial charge in [-0.15, -0.1) is 11.3 Å². The molecule has 0 aliphatic rings. The zero-order valence-electron chi connectivity index (χ0n) is 12.0. The average molecular weight is 333 g/mol. The van der Waals surface area contributed by atoms with Crippen molar-refractivity contribution in [3.05, 3.63) is 57.6 Å². The average Bonchev–Trinajstić information content (AvgIpc) is 3.03. The van der Waals surface area contributed by atoms with Crippen LogP contribution in [0.15, 0.2) is 36.4 Å². The van der Waals surface area contributed by atoms with Crippen LogP contribution in [0.5, 0.6) is 0 Å². The molecule has 0 saturated heterocycles. The number of hydrogen-bond acceptors (Lipinski definition) is 3. The molecule has 0 radical (unpaired) electrons. The fraction of sp³-hybridized carbons (Fsp3) is 0.125. The van der Waals surface area contributed by atoms with Crippen LogP contribution in [0, 0.1) is 13.8 Å². The lowest BCUT2D eigenvalue weighted by atomic mass is 10.1. The minimum absolute atomic E-state index is 0.0657. The molecule has 22 heavy (non-hydrogen) atoms. The van der Waals surface area contributed by atoms with Gasteiger partial charge in [0, 0.05) is 15.5 Å². The molecule has 4 nitrogen and oxygen atoms in total. The molecule has 1 aromatic carbocycles. The molecule has 112 valence electrons. The largest absolute Gasteiger partial charge is 0.476 e. The van der Waals surface area contributed by atoms with Crippen molar-refractivity contribution >= 4 is 28.9 Å². The Kier molecular flexibility index (Phi) is 3.76. The quantitative estimate of drug-likeness (QED) is 0.764. The van der Waals surface area contributed by atoms with E-state index in [0.29, 0.717) is 10.6 Å². The summed E-state index contributed by atoms with van der Waals surface area (Å²) in [4.78, 5) is 13.6. The molecule has 1 N–H and O–H groups in total. The summed E-state index contributed by atoms with van der Waals surface area (Å²) in [5.41, 5.74) is 2.30. The molecule has 3 rings (SSSR count). The number of hydrogen-bond donors (Lipinski definition) is 1. The summed E-state index contributed by atoms with van der Waals surface area (Å²) in [7, 11) is 0. The standard InChI is InChI=1S/C16H13ClN2O2S/c1-9-3-8-13(22-9)15-10(2)14(16(20)21)18-19(15)12-6-4-11(17)5-7-12/h3-8H,1-2H3,(H,20,21). The van der Waals surface area contributed by atoms with Crippen molar-refractivity contribution in [2.75, 3.05) is 0 Å². The molecule has 0 bridgehead atoms. The second kappa shape index (κ2) is 5.59. The zero-order chi connectivity index (χ0) is 15.9. The topological polar surface area (TPSA) is 55.1 Å². The third-order valence-corrected chi connectivity index (χ3v) is 4.63. The van der Waals surface area contributed by atoms with E-state index < -0.39 is 5.97 Å². The predicted octanol–water partition coefficient (Wildman–Crippen LogP) is 4.57. The molecular weight excluding hydrogens is 320 g/mol. The van der Waals surface area contributed by atoms with Gasteiger partial charge in [-0.1, -0.05) is 11.6 Å². The second-order valence-electron chi connectivity index (χ2n) is 4.93. The molecule has 0 aliphatic heterocycles. The third kappa shape index (κ3) is 2.53. The first kappa shape index (κ1) is 14.8. The normalized spacial score (nSPS) is 10.9. The van der Waals surface area contributed by atoms with Gasteiger partial charge in [0.05, 0.1) is 16.3 Å². The molecule has 2 heterocycles. The molecule has 0 aliphatic carbocycles. The molecule has 3 aromatic rings. The maximum absolute atomic E-state index is 11.4. The fourth-order valence-corrected chi connectivity index (χ4v) is 3.40. The third-order valence-electron chi connectivity index (χ3n) is 3.37. The van der Waals surface area contributed by atoms with Gasteiger partial charge in [-0.05, 0) is 50.2 Å². The van der Waals surface area contributed by atoms with Gasteiger partial charge in [0.1, 0.15) is 0 Å². The van der Waals surface area contributed by atoms with E-state index in [-0.39, 0.29) is 5.69 Å². The minimum Gasteiger partial charge on any atom is -0.476 e. The lowest BCUT2D eigenvalue weighted by molar-refractivity contribution is 0.0689. The summed E-state index contributed by atoms with van der Waals surface area (Å²) < 4.78 is 1.67. The van der Waals surface area contributed by atoms with Gasteiger partial charge in [-0.2, -0.15) is 5.10 Å². The van der Waals surface area contributed by atoms with Gasteiger partial charge < -0.3 is 5.11 Å². The number of benzene rings is 1. The van der Waals surface area contributed by atoms with Crippen molar-refractivity contribution in [3.8, 4) is 16.3 Å². The van der Waals surface area contributed by atoms with E-state index in [0.717, 1.165) is 21.1 Å². The Morgan fingerprint density at radius 2 is 1.86 bits per heavy atom. The fourth-order valence-electron chi connectivity index (χ4n) is 2.32. The first-order valence-corrected chi connectivity index (χ1v) is 7.82. The lowest BCUT2D eigenvalue weighted by Crippen LogP contribution is -2.02. The van der Waals surface area contributed by atoms with Crippen LogP contribution < -0.4 is 0 Å². The maximum Gasteiger partial charge on any atom is 0.356 e. The predicted molar refractivity (Wildman–Crippen MR) is 88.3 cm³/mol. The number of carbonyl (C=O) groups is 1. The van der Waals surface area contributed by atoms with Crippen molar-refractivity contribution in [2.45, 2.75) is 13.8 Å². The minimum atomic E-state index is -1.03. The van der Waals surface area contributed by atoms with E-state index in [1.165, 1.54) is 0 Å². The Bertz CT molecular complexity index is 850. The highest BCUT2D eigenvalue weighted by atomic mass is 35.5. The van der Waals surface area contributed by atoms with E-state index in [4.69, 9.17) is 11.6 Å². The van der Waals surface area contributed by atoms with E-state index in [1.54, 1.807) is 35.1 Å². The molecule has 0 fully saturated rings. The van der Waals surface area contributed by atoms with E-state index in [2.05, 4.69) is 5.10 Å². The summed E-state index contributed by atoms with van der Waals surface area (Å²) in [6.07, 6.45) is 0. The summed E-state index contributed by atoms with van der Waals surface area (Å²) in [6, 6.07) is 11.2. The van der Waals surface area contributed by atoms with Gasteiger partial charge in [0.2, 0.25) is 0 Å². The van der Waals surface area contributed by atoms with Crippen LogP contribution in [-0.4, -0.2) is 20.9 Å². The number of aryl methyl sites for hydroxylation is 1. The van der Waals surface area contributed by atoms with E-state index in [9.17, 15) is 9.90 Å². The van der Waals surface area contributed by atoms with Gasteiger partial charge in [0.15, 0.2) is 5.69 Å². The van der Waals surface area contributed by atoms with Crippen LogP contribution in [0.1, 0.15) is 20.9 Å². The van der Waals surface area contributed by atoms with Crippen molar-refractivity contribution in [3.63, 3.8) is 0 Å². The Morgan fingerprint density at radius 1 is 1.18 bits per heavy atom. The number of aromatic carboxylic acids is 1. The summed E-state index contributed by atoms with van der Waals surface area (Å²) in [5, 5.41) is 14.3. The molecule has 0 spiro atoms. The molecule has 0 unspecified atom stereocenters. The Labute approximate surface area is 136 Å².